The highest BCUT2D eigenvalue weighted by atomic mass is 32.2. The smallest absolute Gasteiger partial charge is 0.264 e. The average molecular weight is 582 g/mol. The number of amides is 2. The Balaban J connectivity index is 2.03. The van der Waals surface area contributed by atoms with Crippen LogP contribution in [0.25, 0.3) is 0 Å². The second-order valence-electron chi connectivity index (χ2n) is 10.3. The molecule has 0 spiro atoms. The number of benzene rings is 3. The van der Waals surface area contributed by atoms with Gasteiger partial charge in [0.15, 0.2) is 0 Å². The molecule has 7 nitrogen and oxygen atoms in total. The summed E-state index contributed by atoms with van der Waals surface area (Å²) in [6.07, 6.45) is 2.01. The summed E-state index contributed by atoms with van der Waals surface area (Å²) in [7, 11) is -4.13. The van der Waals surface area contributed by atoms with Crippen LogP contribution in [-0.4, -0.2) is 44.3 Å². The first-order chi connectivity index (χ1) is 19.6. The molecule has 9 heteroatoms. The molecule has 0 fully saturated rings. The van der Waals surface area contributed by atoms with Gasteiger partial charge in [0.1, 0.15) is 18.4 Å². The molecule has 0 saturated carbocycles. The van der Waals surface area contributed by atoms with Crippen molar-refractivity contribution in [2.24, 2.45) is 0 Å². The van der Waals surface area contributed by atoms with Gasteiger partial charge >= 0.3 is 0 Å². The van der Waals surface area contributed by atoms with Gasteiger partial charge in [0.05, 0.1) is 10.6 Å². The summed E-state index contributed by atoms with van der Waals surface area (Å²) >= 11 is 0. The third-order valence-electron chi connectivity index (χ3n) is 6.94. The molecule has 3 aromatic rings. The Bertz CT molecular complexity index is 1380. The second-order valence-corrected chi connectivity index (χ2v) is 12.2. The maximum atomic E-state index is 14.1. The Kier molecular flexibility index (Phi) is 11.5. The third-order valence-corrected chi connectivity index (χ3v) is 8.73. The predicted octanol–water partition coefficient (Wildman–Crippen LogP) is 5.87. The molecule has 220 valence electrons. The molecule has 0 heterocycles. The summed E-state index contributed by atoms with van der Waals surface area (Å²) < 4.78 is 42.5. The minimum atomic E-state index is -4.13. The highest BCUT2D eigenvalue weighted by Gasteiger charge is 2.33. The first-order valence-electron chi connectivity index (χ1n) is 14.1. The SMILES string of the molecule is CCCCNC(=O)[C@@H](CC)N(Cc1ccc(F)cc1)C(=O)CN(c1ccc(C(C)C)cc1)S(=O)(=O)c1ccccc1. The van der Waals surface area contributed by atoms with Gasteiger partial charge in [-0.3, -0.25) is 13.9 Å². The van der Waals surface area contributed by atoms with Crippen molar-refractivity contribution in [3.63, 3.8) is 0 Å². The van der Waals surface area contributed by atoms with Gasteiger partial charge in [-0.2, -0.15) is 0 Å². The molecule has 0 aliphatic heterocycles. The van der Waals surface area contributed by atoms with Crippen LogP contribution in [0.2, 0.25) is 0 Å². The van der Waals surface area contributed by atoms with E-state index in [0.717, 1.165) is 22.7 Å². The first kappa shape index (κ1) is 31.8. The van der Waals surface area contributed by atoms with Gasteiger partial charge in [-0.05, 0) is 66.3 Å². The minimum Gasteiger partial charge on any atom is -0.354 e. The zero-order valence-corrected chi connectivity index (χ0v) is 25.0. The standard InChI is InChI=1S/C32H40FN3O4S/c1-5-7-21-34-32(38)30(6-2)35(22-25-13-17-27(33)18-14-25)31(37)23-36(28-19-15-26(16-20-28)24(3)4)41(39,40)29-11-9-8-10-12-29/h8-20,24,30H,5-7,21-23H2,1-4H3,(H,34,38)/t30-/m1/s1. The van der Waals surface area contributed by atoms with Gasteiger partial charge in [0, 0.05) is 13.1 Å². The molecule has 1 N–H and O–H groups in total. The summed E-state index contributed by atoms with van der Waals surface area (Å²) in [5, 5.41) is 2.90. The van der Waals surface area contributed by atoms with Crippen LogP contribution >= 0.6 is 0 Å². The molecule has 3 rings (SSSR count). The molecule has 0 radical (unpaired) electrons. The van der Waals surface area contributed by atoms with E-state index in [1.807, 2.05) is 32.9 Å². The van der Waals surface area contributed by atoms with Crippen molar-refractivity contribution in [2.45, 2.75) is 70.4 Å². The van der Waals surface area contributed by atoms with Gasteiger partial charge in [-0.15, -0.1) is 0 Å². The van der Waals surface area contributed by atoms with E-state index in [9.17, 15) is 22.4 Å². The molecule has 41 heavy (non-hydrogen) atoms. The number of hydrogen-bond acceptors (Lipinski definition) is 4. The van der Waals surface area contributed by atoms with E-state index in [2.05, 4.69) is 5.32 Å². The average Bonchev–Trinajstić information content (AvgIpc) is 2.97. The normalized spacial score (nSPS) is 12.1. The van der Waals surface area contributed by atoms with Gasteiger partial charge in [-0.25, -0.2) is 12.8 Å². The van der Waals surface area contributed by atoms with Crippen LogP contribution in [0, 0.1) is 5.82 Å². The summed E-state index contributed by atoms with van der Waals surface area (Å²) in [5.41, 5.74) is 2.00. The lowest BCUT2D eigenvalue weighted by atomic mass is 10.0. The van der Waals surface area contributed by atoms with E-state index >= 15 is 0 Å². The fourth-order valence-corrected chi connectivity index (χ4v) is 5.92. The number of sulfonamides is 1. The van der Waals surface area contributed by atoms with E-state index in [1.54, 1.807) is 49.4 Å². The first-order valence-corrected chi connectivity index (χ1v) is 15.5. The van der Waals surface area contributed by atoms with Crippen LogP contribution in [0.1, 0.15) is 64.0 Å². The van der Waals surface area contributed by atoms with Crippen LogP contribution < -0.4 is 9.62 Å². The molecule has 1 atom stereocenters. The second kappa shape index (κ2) is 14.8. The molecule has 0 bridgehead atoms. The number of hydrogen-bond donors (Lipinski definition) is 1. The highest BCUT2D eigenvalue weighted by Crippen LogP contribution is 2.27. The fourth-order valence-electron chi connectivity index (χ4n) is 4.49. The number of carbonyl (C=O) groups is 2. The topological polar surface area (TPSA) is 86.8 Å². The number of anilines is 1. The number of rotatable bonds is 14. The number of unbranched alkanes of at least 4 members (excludes halogenated alkanes) is 1. The van der Waals surface area contributed by atoms with E-state index in [-0.39, 0.29) is 23.3 Å². The Morgan fingerprint density at radius 3 is 2.10 bits per heavy atom. The van der Waals surface area contributed by atoms with E-state index in [1.165, 1.54) is 29.2 Å². The quantitative estimate of drug-likeness (QED) is 0.241. The molecule has 3 aromatic carbocycles. The monoisotopic (exact) mass is 581 g/mol. The van der Waals surface area contributed by atoms with E-state index in [0.29, 0.717) is 24.2 Å². The van der Waals surface area contributed by atoms with Gasteiger partial charge in [-0.1, -0.05) is 76.6 Å². The Morgan fingerprint density at radius 2 is 1.54 bits per heavy atom. The van der Waals surface area contributed by atoms with Crippen molar-refractivity contribution < 1.29 is 22.4 Å². The summed E-state index contributed by atoms with van der Waals surface area (Å²) in [6, 6.07) is 19.9. The zero-order chi connectivity index (χ0) is 30.0. The van der Waals surface area contributed by atoms with Crippen molar-refractivity contribution in [1.29, 1.82) is 0 Å². The van der Waals surface area contributed by atoms with Gasteiger partial charge < -0.3 is 10.2 Å². The zero-order valence-electron chi connectivity index (χ0n) is 24.2. The molecule has 0 saturated heterocycles. The number of nitrogens with one attached hydrogen (secondary N) is 1. The summed E-state index contributed by atoms with van der Waals surface area (Å²) in [5.74, 6) is -1.03. The lowest BCUT2D eigenvalue weighted by Crippen LogP contribution is -2.52. The van der Waals surface area contributed by atoms with Crippen LogP contribution in [-0.2, 0) is 26.2 Å². The fraction of sp³-hybridized carbons (Fsp3) is 0.375. The van der Waals surface area contributed by atoms with E-state index in [4.69, 9.17) is 0 Å². The van der Waals surface area contributed by atoms with Crippen molar-refractivity contribution in [1.82, 2.24) is 10.2 Å². The molecule has 2 amide bonds. The molecule has 0 aliphatic rings. The number of halogens is 1. The molecule has 0 unspecified atom stereocenters. The molecule has 0 aliphatic carbocycles. The summed E-state index contributed by atoms with van der Waals surface area (Å²) in [6.45, 7) is 7.88. The largest absolute Gasteiger partial charge is 0.354 e. The summed E-state index contributed by atoms with van der Waals surface area (Å²) in [4.78, 5) is 28.7. The predicted molar refractivity (Wildman–Crippen MR) is 160 cm³/mol. The molecular weight excluding hydrogens is 541 g/mol. The maximum absolute atomic E-state index is 14.1. The third kappa shape index (κ3) is 8.39. The van der Waals surface area contributed by atoms with E-state index < -0.39 is 34.3 Å². The van der Waals surface area contributed by atoms with Crippen LogP contribution in [0.15, 0.2) is 83.8 Å². The number of nitrogens with zero attached hydrogens (tertiary/aromatic N) is 2. The molecule has 0 aromatic heterocycles. The van der Waals surface area contributed by atoms with Crippen molar-refractivity contribution >= 4 is 27.5 Å². The number of carbonyl (C=O) groups excluding carboxylic acids is 2. The van der Waals surface area contributed by atoms with Gasteiger partial charge in [0.2, 0.25) is 11.8 Å². The highest BCUT2D eigenvalue weighted by molar-refractivity contribution is 7.92. The van der Waals surface area contributed by atoms with Crippen LogP contribution in [0.3, 0.4) is 0 Å². The Morgan fingerprint density at radius 1 is 0.902 bits per heavy atom. The Labute approximate surface area is 243 Å². The minimum absolute atomic E-state index is 0.0182. The maximum Gasteiger partial charge on any atom is 0.264 e. The lowest BCUT2D eigenvalue weighted by molar-refractivity contribution is -0.140. The van der Waals surface area contributed by atoms with Crippen LogP contribution in [0.5, 0.6) is 0 Å². The van der Waals surface area contributed by atoms with Crippen molar-refractivity contribution in [3.8, 4) is 0 Å². The van der Waals surface area contributed by atoms with Crippen molar-refractivity contribution in [3.05, 3.63) is 95.8 Å². The van der Waals surface area contributed by atoms with Gasteiger partial charge in [0.25, 0.3) is 10.0 Å². The Hall–Kier alpha value is -3.72. The lowest BCUT2D eigenvalue weighted by Gasteiger charge is -2.33. The van der Waals surface area contributed by atoms with Crippen molar-refractivity contribution in [2.75, 3.05) is 17.4 Å². The van der Waals surface area contributed by atoms with Crippen LogP contribution in [0.4, 0.5) is 10.1 Å². The molecular formula is C32H40FN3O4S.